The van der Waals surface area contributed by atoms with E-state index in [1.165, 1.54) is 24.0 Å². The van der Waals surface area contributed by atoms with E-state index in [-0.39, 0.29) is 0 Å². The van der Waals surface area contributed by atoms with Gasteiger partial charge in [-0.25, -0.2) is 0 Å². The monoisotopic (exact) mass is 435 g/mol. The summed E-state index contributed by atoms with van der Waals surface area (Å²) in [5, 5.41) is 0. The van der Waals surface area contributed by atoms with Gasteiger partial charge in [-0.1, -0.05) is 0 Å². The average molecular weight is 437 g/mol. The summed E-state index contributed by atoms with van der Waals surface area (Å²) in [6.07, 6.45) is 7.50. The first-order chi connectivity index (χ1) is 12.7. The summed E-state index contributed by atoms with van der Waals surface area (Å²) in [5.74, 6) is -0.699. The van der Waals surface area contributed by atoms with E-state index in [4.69, 9.17) is 0 Å². The van der Waals surface area contributed by atoms with Crippen LogP contribution >= 0.6 is 0 Å². The fraction of sp³-hybridized carbons (Fsp3) is 0.333. The molecule has 0 aliphatic heterocycles. The van der Waals surface area contributed by atoms with E-state index in [0.717, 1.165) is 7.25 Å². The number of hydrogen-bond donors (Lipinski definition) is 0. The summed E-state index contributed by atoms with van der Waals surface area (Å²) in [4.78, 5) is 0. The molecule has 133 valence electrons. The second-order valence-electron chi connectivity index (χ2n) is 7.92. The van der Waals surface area contributed by atoms with Gasteiger partial charge in [-0.15, -0.1) is 0 Å². The van der Waals surface area contributed by atoms with Crippen LogP contribution in [0.3, 0.4) is 0 Å². The number of allylic oxidation sites excluding steroid dienone is 2. The molecule has 2 unspecified atom stereocenters. The maximum absolute atomic E-state index is 2.65. The molecule has 0 saturated carbocycles. The van der Waals surface area contributed by atoms with E-state index in [1.54, 1.807) is 22.3 Å². The Hall–Kier alpha value is -0.980. The molecule has 0 bridgehead atoms. The second-order valence-corrected chi connectivity index (χ2v) is 28.0. The van der Waals surface area contributed by atoms with Crippen LogP contribution in [0, 0.1) is 0 Å². The number of benzene rings is 2. The van der Waals surface area contributed by atoms with Crippen molar-refractivity contribution in [3.05, 3.63) is 81.9 Å². The molecule has 0 spiro atoms. The van der Waals surface area contributed by atoms with Gasteiger partial charge in [0.1, 0.15) is 0 Å². The van der Waals surface area contributed by atoms with Crippen molar-refractivity contribution in [3.63, 3.8) is 0 Å². The third kappa shape index (κ3) is 3.00. The van der Waals surface area contributed by atoms with Crippen LogP contribution in [-0.2, 0) is 20.9 Å². The summed E-state index contributed by atoms with van der Waals surface area (Å²) in [6.45, 7) is 10.0. The standard InChI is InChI=1S/2C11H11.C2H7Si.Zr/c2*1-2-9-7-10-5-3-4-6-11(10)8-9;1-3-2;/h2*3-8H,2H2,1H3;3H,1-2H3;. The minimum atomic E-state index is -1.78. The predicted octanol–water partition coefficient (Wildman–Crippen LogP) is 6.68. The molecule has 4 rings (SSSR count). The first-order valence-corrected chi connectivity index (χ1v) is 20.1. The molecular formula is C24H29SiZr. The van der Waals surface area contributed by atoms with Gasteiger partial charge in [0.25, 0.3) is 0 Å². The molecule has 0 amide bonds. The van der Waals surface area contributed by atoms with Crippen LogP contribution in [-0.4, -0.2) is 5.92 Å². The Kier molecular flexibility index (Phi) is 5.35. The van der Waals surface area contributed by atoms with E-state index in [9.17, 15) is 0 Å². The normalized spacial score (nSPS) is 20.7. The van der Waals surface area contributed by atoms with Gasteiger partial charge in [0, 0.05) is 0 Å². The molecule has 2 aromatic rings. The van der Waals surface area contributed by atoms with E-state index < -0.39 is 26.8 Å². The van der Waals surface area contributed by atoms with Crippen LogP contribution < -0.4 is 0 Å². The molecule has 26 heavy (non-hydrogen) atoms. The molecule has 2 aliphatic rings. The van der Waals surface area contributed by atoms with Gasteiger partial charge in [0.15, 0.2) is 0 Å². The Morgan fingerprint density at radius 3 is 1.54 bits per heavy atom. The molecule has 0 aromatic heterocycles. The van der Waals surface area contributed by atoms with Gasteiger partial charge in [0.05, 0.1) is 0 Å². The number of hydrogen-bond acceptors (Lipinski definition) is 0. The predicted molar refractivity (Wildman–Crippen MR) is 114 cm³/mol. The van der Waals surface area contributed by atoms with Crippen molar-refractivity contribution in [2.45, 2.75) is 47.0 Å². The van der Waals surface area contributed by atoms with Crippen molar-refractivity contribution >= 4 is 18.1 Å². The van der Waals surface area contributed by atoms with Crippen LogP contribution in [0.25, 0.3) is 12.2 Å². The quantitative estimate of drug-likeness (QED) is 0.458. The minimum absolute atomic E-state index is 0.699. The van der Waals surface area contributed by atoms with Crippen LogP contribution in [0.4, 0.5) is 0 Å². The molecule has 0 nitrogen and oxygen atoms in total. The third-order valence-corrected chi connectivity index (χ3v) is 27.9. The molecule has 0 radical (unpaired) electrons. The summed E-state index contributed by atoms with van der Waals surface area (Å²) in [6, 6.07) is 18.5. The van der Waals surface area contributed by atoms with Crippen LogP contribution in [0.5, 0.6) is 0 Å². The molecule has 2 aromatic carbocycles. The number of fused-ring (bicyclic) bond motifs is 2. The summed E-state index contributed by atoms with van der Waals surface area (Å²) in [5.41, 5.74) is 9.83. The second kappa shape index (κ2) is 7.56. The molecule has 0 saturated heterocycles. The van der Waals surface area contributed by atoms with Crippen molar-refractivity contribution in [3.8, 4) is 0 Å². The average Bonchev–Trinajstić information content (AvgIpc) is 3.21. The first-order valence-electron chi connectivity index (χ1n) is 10.1. The SMILES string of the molecule is CCC1=Cc2ccccc2[CH]1[Zr]([CH]1C(CC)=Cc2ccccc21)[SiH](C)C. The zero-order valence-electron chi connectivity index (χ0n) is 16.4. The Labute approximate surface area is 167 Å². The van der Waals surface area contributed by atoms with E-state index >= 15 is 0 Å². The van der Waals surface area contributed by atoms with Gasteiger partial charge in [0.2, 0.25) is 0 Å². The van der Waals surface area contributed by atoms with Crippen molar-refractivity contribution in [2.75, 3.05) is 0 Å². The van der Waals surface area contributed by atoms with Crippen molar-refractivity contribution in [1.29, 1.82) is 0 Å². The van der Waals surface area contributed by atoms with Crippen LogP contribution in [0.2, 0.25) is 13.1 Å². The molecule has 0 fully saturated rings. The van der Waals surface area contributed by atoms with E-state index in [0.29, 0.717) is 0 Å². The third-order valence-electron chi connectivity index (χ3n) is 6.19. The molecular weight excluding hydrogens is 408 g/mol. The van der Waals surface area contributed by atoms with Crippen LogP contribution in [0.15, 0.2) is 59.7 Å². The maximum atomic E-state index is 2.65. The Morgan fingerprint density at radius 2 is 1.15 bits per heavy atom. The Bertz CT molecular complexity index is 808. The van der Waals surface area contributed by atoms with Gasteiger partial charge in [-0.2, -0.15) is 0 Å². The van der Waals surface area contributed by atoms with Gasteiger partial charge in [-0.05, 0) is 0 Å². The number of rotatable bonds is 5. The zero-order chi connectivity index (χ0) is 18.3. The fourth-order valence-corrected chi connectivity index (χ4v) is 28.2. The molecule has 0 N–H and O–H groups in total. The van der Waals surface area contributed by atoms with Crippen molar-refractivity contribution in [1.82, 2.24) is 0 Å². The molecule has 2 aliphatic carbocycles. The van der Waals surface area contributed by atoms with Crippen molar-refractivity contribution < 1.29 is 20.9 Å². The van der Waals surface area contributed by atoms with Crippen molar-refractivity contribution in [2.24, 2.45) is 0 Å². The van der Waals surface area contributed by atoms with E-state index in [1.807, 2.05) is 0 Å². The van der Waals surface area contributed by atoms with Gasteiger partial charge < -0.3 is 0 Å². The topological polar surface area (TPSA) is 0 Å². The Balaban J connectivity index is 1.85. The Morgan fingerprint density at radius 1 is 0.731 bits per heavy atom. The van der Waals surface area contributed by atoms with Crippen LogP contribution in [0.1, 0.15) is 56.2 Å². The fourth-order valence-electron chi connectivity index (χ4n) is 5.01. The summed E-state index contributed by atoms with van der Waals surface area (Å²) >= 11 is -1.78. The summed E-state index contributed by atoms with van der Waals surface area (Å²) < 4.78 is 1.60. The zero-order valence-corrected chi connectivity index (χ0v) is 20.0. The summed E-state index contributed by atoms with van der Waals surface area (Å²) in [7, 11) is 0. The molecule has 2 heteroatoms. The van der Waals surface area contributed by atoms with E-state index in [2.05, 4.69) is 87.6 Å². The van der Waals surface area contributed by atoms with Gasteiger partial charge in [-0.3, -0.25) is 0 Å². The van der Waals surface area contributed by atoms with Gasteiger partial charge >= 0.3 is 168 Å². The molecule has 2 atom stereocenters. The molecule has 0 heterocycles. The first kappa shape index (κ1) is 18.4.